The Bertz CT molecular complexity index is 658. The van der Waals surface area contributed by atoms with Crippen molar-refractivity contribution < 1.29 is 5.11 Å². The standard InChI is InChI=1S/C14H13N3OS/c1-9(18)11-7-6-10(8-15-11)19-14-16-12-4-2-3-5-13(12)17-14/h2-9,18H,1H3,(H,16,17). The molecular formula is C14H13N3OS. The maximum Gasteiger partial charge on any atom is 0.171 e. The van der Waals surface area contributed by atoms with Crippen LogP contribution in [0, 0.1) is 0 Å². The van der Waals surface area contributed by atoms with Crippen LogP contribution < -0.4 is 0 Å². The zero-order chi connectivity index (χ0) is 13.2. The Morgan fingerprint density at radius 1 is 1.21 bits per heavy atom. The highest BCUT2D eigenvalue weighted by atomic mass is 32.2. The molecule has 2 aromatic heterocycles. The first kappa shape index (κ1) is 12.2. The number of aliphatic hydroxyl groups excluding tert-OH is 1. The van der Waals surface area contributed by atoms with Crippen molar-refractivity contribution in [1.82, 2.24) is 15.0 Å². The molecule has 96 valence electrons. The number of benzene rings is 1. The van der Waals surface area contributed by atoms with Crippen molar-refractivity contribution >= 4 is 22.8 Å². The third-order valence-corrected chi connectivity index (χ3v) is 3.63. The van der Waals surface area contributed by atoms with Crippen LogP contribution in [0.4, 0.5) is 0 Å². The van der Waals surface area contributed by atoms with Crippen molar-refractivity contribution in [3.8, 4) is 0 Å². The number of rotatable bonds is 3. The minimum Gasteiger partial charge on any atom is -0.387 e. The van der Waals surface area contributed by atoms with Crippen molar-refractivity contribution in [2.24, 2.45) is 0 Å². The van der Waals surface area contributed by atoms with E-state index in [9.17, 15) is 5.11 Å². The maximum atomic E-state index is 9.41. The molecule has 0 fully saturated rings. The van der Waals surface area contributed by atoms with Gasteiger partial charge in [-0.15, -0.1) is 0 Å². The number of para-hydroxylation sites is 2. The van der Waals surface area contributed by atoms with Crippen molar-refractivity contribution in [3.05, 3.63) is 48.3 Å². The minimum absolute atomic E-state index is 0.537. The fraction of sp³-hybridized carbons (Fsp3) is 0.143. The van der Waals surface area contributed by atoms with Gasteiger partial charge < -0.3 is 10.1 Å². The van der Waals surface area contributed by atoms with Crippen LogP contribution in [0.2, 0.25) is 0 Å². The third kappa shape index (κ3) is 2.62. The molecule has 0 aliphatic carbocycles. The summed E-state index contributed by atoms with van der Waals surface area (Å²) in [6.07, 6.45) is 1.21. The highest BCUT2D eigenvalue weighted by molar-refractivity contribution is 7.99. The van der Waals surface area contributed by atoms with E-state index in [0.29, 0.717) is 5.69 Å². The molecule has 0 saturated heterocycles. The van der Waals surface area contributed by atoms with E-state index in [4.69, 9.17) is 0 Å². The Kier molecular flexibility index (Phi) is 3.23. The van der Waals surface area contributed by atoms with Gasteiger partial charge in [0.25, 0.3) is 0 Å². The van der Waals surface area contributed by atoms with Crippen LogP contribution in [-0.4, -0.2) is 20.1 Å². The van der Waals surface area contributed by atoms with Gasteiger partial charge in [-0.1, -0.05) is 23.9 Å². The lowest BCUT2D eigenvalue weighted by atomic mass is 10.2. The average Bonchev–Trinajstić information content (AvgIpc) is 2.81. The van der Waals surface area contributed by atoms with Crippen molar-refractivity contribution in [1.29, 1.82) is 0 Å². The SMILES string of the molecule is CC(O)c1ccc(Sc2nc3ccccc3[nH]2)cn1. The third-order valence-electron chi connectivity index (χ3n) is 2.77. The topological polar surface area (TPSA) is 61.8 Å². The second kappa shape index (κ2) is 5.03. The Hall–Kier alpha value is -1.85. The molecule has 5 heteroatoms. The predicted molar refractivity (Wildman–Crippen MR) is 75.1 cm³/mol. The number of nitrogens with zero attached hydrogens (tertiary/aromatic N) is 2. The van der Waals surface area contributed by atoms with E-state index in [0.717, 1.165) is 21.1 Å². The minimum atomic E-state index is -0.537. The number of pyridine rings is 1. The summed E-state index contributed by atoms with van der Waals surface area (Å²) in [6.45, 7) is 1.70. The Morgan fingerprint density at radius 2 is 2.05 bits per heavy atom. The van der Waals surface area contributed by atoms with Gasteiger partial charge in [-0.05, 0) is 31.2 Å². The summed E-state index contributed by atoms with van der Waals surface area (Å²) in [6, 6.07) is 11.7. The summed E-state index contributed by atoms with van der Waals surface area (Å²) >= 11 is 1.52. The molecular weight excluding hydrogens is 258 g/mol. The summed E-state index contributed by atoms with van der Waals surface area (Å²) in [5.74, 6) is 0. The molecule has 0 amide bonds. The number of imidazole rings is 1. The monoisotopic (exact) mass is 271 g/mol. The second-order valence-corrected chi connectivity index (χ2v) is 5.32. The summed E-state index contributed by atoms with van der Waals surface area (Å²) in [4.78, 5) is 13.0. The van der Waals surface area contributed by atoms with E-state index in [2.05, 4.69) is 15.0 Å². The van der Waals surface area contributed by atoms with E-state index in [-0.39, 0.29) is 0 Å². The number of aromatic nitrogens is 3. The smallest absolute Gasteiger partial charge is 0.171 e. The number of H-pyrrole nitrogens is 1. The highest BCUT2D eigenvalue weighted by Gasteiger charge is 2.06. The van der Waals surface area contributed by atoms with Crippen LogP contribution in [0.5, 0.6) is 0 Å². The van der Waals surface area contributed by atoms with Gasteiger partial charge in [-0.2, -0.15) is 0 Å². The number of aliphatic hydroxyl groups is 1. The van der Waals surface area contributed by atoms with Crippen LogP contribution in [0.1, 0.15) is 18.7 Å². The maximum absolute atomic E-state index is 9.41. The van der Waals surface area contributed by atoms with Crippen molar-refractivity contribution in [2.75, 3.05) is 0 Å². The molecule has 0 radical (unpaired) electrons. The van der Waals surface area contributed by atoms with Crippen LogP contribution in [-0.2, 0) is 0 Å². The van der Waals surface area contributed by atoms with Crippen LogP contribution in [0.25, 0.3) is 11.0 Å². The molecule has 4 nitrogen and oxygen atoms in total. The molecule has 3 aromatic rings. The fourth-order valence-electron chi connectivity index (χ4n) is 1.79. The highest BCUT2D eigenvalue weighted by Crippen LogP contribution is 2.27. The molecule has 1 atom stereocenters. The van der Waals surface area contributed by atoms with E-state index < -0.39 is 6.10 Å². The van der Waals surface area contributed by atoms with Gasteiger partial charge in [-0.25, -0.2) is 4.98 Å². The summed E-state index contributed by atoms with van der Waals surface area (Å²) in [5, 5.41) is 10.3. The Labute approximate surface area is 114 Å². The first-order valence-electron chi connectivity index (χ1n) is 5.99. The molecule has 0 spiro atoms. The molecule has 19 heavy (non-hydrogen) atoms. The molecule has 0 aliphatic rings. The van der Waals surface area contributed by atoms with Crippen molar-refractivity contribution in [2.45, 2.75) is 23.1 Å². The Balaban J connectivity index is 1.84. The predicted octanol–water partition coefficient (Wildman–Crippen LogP) is 3.16. The van der Waals surface area contributed by atoms with E-state index in [1.807, 2.05) is 36.4 Å². The summed E-state index contributed by atoms with van der Waals surface area (Å²) in [5.41, 5.74) is 2.66. The van der Waals surface area contributed by atoms with Gasteiger partial charge in [-0.3, -0.25) is 4.98 Å². The Morgan fingerprint density at radius 3 is 2.74 bits per heavy atom. The normalized spacial score (nSPS) is 12.7. The number of nitrogens with one attached hydrogen (secondary N) is 1. The van der Waals surface area contributed by atoms with Gasteiger partial charge in [0.2, 0.25) is 0 Å². The first-order chi connectivity index (χ1) is 9.22. The number of hydrogen-bond acceptors (Lipinski definition) is 4. The fourth-order valence-corrected chi connectivity index (χ4v) is 2.56. The molecule has 2 N–H and O–H groups in total. The van der Waals surface area contributed by atoms with Crippen LogP contribution >= 0.6 is 11.8 Å². The number of aromatic amines is 1. The van der Waals surface area contributed by atoms with Gasteiger partial charge in [0.1, 0.15) is 0 Å². The first-order valence-corrected chi connectivity index (χ1v) is 6.80. The zero-order valence-corrected chi connectivity index (χ0v) is 11.2. The lowest BCUT2D eigenvalue weighted by Crippen LogP contribution is -1.94. The van der Waals surface area contributed by atoms with Gasteiger partial charge in [0.05, 0.1) is 22.8 Å². The molecule has 0 aliphatic heterocycles. The van der Waals surface area contributed by atoms with E-state index in [1.165, 1.54) is 11.8 Å². The average molecular weight is 271 g/mol. The number of hydrogen-bond donors (Lipinski definition) is 2. The lowest BCUT2D eigenvalue weighted by molar-refractivity contribution is 0.194. The van der Waals surface area contributed by atoms with Gasteiger partial charge in [0, 0.05) is 11.1 Å². The summed E-state index contributed by atoms with van der Waals surface area (Å²) in [7, 11) is 0. The largest absolute Gasteiger partial charge is 0.387 e. The quantitative estimate of drug-likeness (QED) is 0.768. The van der Waals surface area contributed by atoms with Crippen LogP contribution in [0.3, 0.4) is 0 Å². The zero-order valence-electron chi connectivity index (χ0n) is 10.4. The molecule has 2 heterocycles. The molecule has 3 rings (SSSR count). The van der Waals surface area contributed by atoms with Gasteiger partial charge in [0.15, 0.2) is 5.16 Å². The molecule has 1 aromatic carbocycles. The van der Waals surface area contributed by atoms with E-state index in [1.54, 1.807) is 13.1 Å². The molecule has 0 saturated carbocycles. The molecule has 1 unspecified atom stereocenters. The van der Waals surface area contributed by atoms with E-state index >= 15 is 0 Å². The summed E-state index contributed by atoms with van der Waals surface area (Å²) < 4.78 is 0. The van der Waals surface area contributed by atoms with Crippen molar-refractivity contribution in [3.63, 3.8) is 0 Å². The number of fused-ring (bicyclic) bond motifs is 1. The lowest BCUT2D eigenvalue weighted by Gasteiger charge is -2.03. The molecule has 0 bridgehead atoms. The van der Waals surface area contributed by atoms with Crippen LogP contribution in [0.15, 0.2) is 52.6 Å². The second-order valence-electron chi connectivity index (χ2n) is 4.26. The van der Waals surface area contributed by atoms with Gasteiger partial charge >= 0.3 is 0 Å².